The van der Waals surface area contributed by atoms with E-state index in [1.54, 1.807) is 0 Å². The number of hydrogen-bond acceptors (Lipinski definition) is 4. The summed E-state index contributed by atoms with van der Waals surface area (Å²) in [6, 6.07) is 22.9. The third-order valence-corrected chi connectivity index (χ3v) is 5.13. The van der Waals surface area contributed by atoms with Gasteiger partial charge in [0.2, 0.25) is 6.79 Å². The Hall–Kier alpha value is -2.98. The standard InChI is InChI=1S/C23H21NO3/c1-2-5-16(6-3-1)14-25-19-8-4-7-18(11-19)23-20-13-22-21(26-15-27-22)12-17(20)9-10-24-23/h1-8,11-13,23-24H,9-10,14-15H2. The fourth-order valence-electron chi connectivity index (χ4n) is 3.77. The van der Waals surface area contributed by atoms with E-state index >= 15 is 0 Å². The molecule has 0 bridgehead atoms. The highest BCUT2D eigenvalue weighted by atomic mass is 16.7. The van der Waals surface area contributed by atoms with Gasteiger partial charge < -0.3 is 19.5 Å². The van der Waals surface area contributed by atoms with Crippen molar-refractivity contribution < 1.29 is 14.2 Å². The monoisotopic (exact) mass is 359 g/mol. The predicted octanol–water partition coefficient (Wildman–Crippen LogP) is 4.23. The van der Waals surface area contributed by atoms with Gasteiger partial charge in [0.15, 0.2) is 11.5 Å². The lowest BCUT2D eigenvalue weighted by Gasteiger charge is -2.28. The fourth-order valence-corrected chi connectivity index (χ4v) is 3.77. The zero-order chi connectivity index (χ0) is 18.1. The Balaban J connectivity index is 1.41. The van der Waals surface area contributed by atoms with Crippen molar-refractivity contribution in [2.24, 2.45) is 0 Å². The van der Waals surface area contributed by atoms with Crippen molar-refractivity contribution in [3.8, 4) is 17.2 Å². The van der Waals surface area contributed by atoms with Gasteiger partial charge >= 0.3 is 0 Å². The minimum atomic E-state index is 0.128. The molecule has 1 unspecified atom stereocenters. The van der Waals surface area contributed by atoms with Crippen LogP contribution >= 0.6 is 0 Å². The molecule has 2 aliphatic heterocycles. The molecular formula is C23H21NO3. The summed E-state index contributed by atoms with van der Waals surface area (Å²) in [7, 11) is 0. The van der Waals surface area contributed by atoms with Crippen LogP contribution in [0.5, 0.6) is 17.2 Å². The lowest BCUT2D eigenvalue weighted by atomic mass is 9.89. The van der Waals surface area contributed by atoms with Crippen LogP contribution in [0.4, 0.5) is 0 Å². The van der Waals surface area contributed by atoms with Crippen molar-refractivity contribution in [2.75, 3.05) is 13.3 Å². The Labute approximate surface area is 158 Å². The molecule has 0 aliphatic carbocycles. The number of rotatable bonds is 4. The molecule has 0 saturated heterocycles. The van der Waals surface area contributed by atoms with Gasteiger partial charge in [0.1, 0.15) is 12.4 Å². The first-order valence-electron chi connectivity index (χ1n) is 9.29. The number of hydrogen-bond donors (Lipinski definition) is 1. The van der Waals surface area contributed by atoms with Gasteiger partial charge in [-0.15, -0.1) is 0 Å². The Morgan fingerprint density at radius 1 is 0.926 bits per heavy atom. The molecule has 136 valence electrons. The van der Waals surface area contributed by atoms with E-state index in [-0.39, 0.29) is 6.04 Å². The summed E-state index contributed by atoms with van der Waals surface area (Å²) in [6.45, 7) is 1.81. The second kappa shape index (κ2) is 6.97. The Morgan fingerprint density at radius 2 is 1.78 bits per heavy atom. The first-order chi connectivity index (χ1) is 13.4. The SMILES string of the molecule is c1ccc(COc2cccc(C3NCCc4cc5c(cc43)OCO5)c2)cc1. The number of ether oxygens (including phenoxy) is 3. The molecule has 0 saturated carbocycles. The fraction of sp³-hybridized carbons (Fsp3) is 0.217. The van der Waals surface area contributed by atoms with E-state index in [1.165, 1.54) is 16.7 Å². The van der Waals surface area contributed by atoms with Gasteiger partial charge in [-0.3, -0.25) is 0 Å². The predicted molar refractivity (Wildman–Crippen MR) is 103 cm³/mol. The van der Waals surface area contributed by atoms with E-state index in [9.17, 15) is 0 Å². The van der Waals surface area contributed by atoms with Gasteiger partial charge in [0.05, 0.1) is 6.04 Å². The van der Waals surface area contributed by atoms with Gasteiger partial charge in [-0.25, -0.2) is 0 Å². The summed E-state index contributed by atoms with van der Waals surface area (Å²) in [5, 5.41) is 3.63. The maximum absolute atomic E-state index is 6.01. The number of fused-ring (bicyclic) bond motifs is 2. The molecule has 27 heavy (non-hydrogen) atoms. The van der Waals surface area contributed by atoms with Crippen LogP contribution in [0.3, 0.4) is 0 Å². The highest BCUT2D eigenvalue weighted by Gasteiger charge is 2.26. The number of nitrogens with one attached hydrogen (secondary N) is 1. The van der Waals surface area contributed by atoms with E-state index in [4.69, 9.17) is 14.2 Å². The summed E-state index contributed by atoms with van der Waals surface area (Å²) in [6.07, 6.45) is 0.993. The van der Waals surface area contributed by atoms with Crippen LogP contribution in [-0.2, 0) is 13.0 Å². The Kier molecular flexibility index (Phi) is 4.18. The normalized spacial score (nSPS) is 17.4. The van der Waals surface area contributed by atoms with Crippen molar-refractivity contribution in [2.45, 2.75) is 19.1 Å². The van der Waals surface area contributed by atoms with Crippen molar-refractivity contribution in [1.29, 1.82) is 0 Å². The van der Waals surface area contributed by atoms with Gasteiger partial charge in [-0.2, -0.15) is 0 Å². The van der Waals surface area contributed by atoms with Crippen LogP contribution in [0, 0.1) is 0 Å². The zero-order valence-corrected chi connectivity index (χ0v) is 15.0. The lowest BCUT2D eigenvalue weighted by molar-refractivity contribution is 0.174. The first kappa shape index (κ1) is 16.2. The molecule has 2 heterocycles. The van der Waals surface area contributed by atoms with E-state index in [2.05, 4.69) is 47.8 Å². The lowest BCUT2D eigenvalue weighted by Crippen LogP contribution is -2.30. The molecule has 5 rings (SSSR count). The van der Waals surface area contributed by atoms with E-state index in [0.717, 1.165) is 35.8 Å². The van der Waals surface area contributed by atoms with Gasteiger partial charge in [-0.05, 0) is 52.9 Å². The largest absolute Gasteiger partial charge is 0.489 e. The topological polar surface area (TPSA) is 39.7 Å². The molecule has 1 N–H and O–H groups in total. The van der Waals surface area contributed by atoms with Crippen molar-refractivity contribution in [3.63, 3.8) is 0 Å². The quantitative estimate of drug-likeness (QED) is 0.757. The second-order valence-electron chi connectivity index (χ2n) is 6.89. The molecule has 0 amide bonds. The first-order valence-corrected chi connectivity index (χ1v) is 9.29. The average Bonchev–Trinajstić information content (AvgIpc) is 3.18. The van der Waals surface area contributed by atoms with Crippen LogP contribution < -0.4 is 19.5 Å². The van der Waals surface area contributed by atoms with Crippen LogP contribution in [0.15, 0.2) is 66.7 Å². The molecule has 4 heteroatoms. The third-order valence-electron chi connectivity index (χ3n) is 5.13. The highest BCUT2D eigenvalue weighted by Crippen LogP contribution is 2.40. The van der Waals surface area contributed by atoms with E-state index < -0.39 is 0 Å². The van der Waals surface area contributed by atoms with Crippen molar-refractivity contribution in [1.82, 2.24) is 5.32 Å². The van der Waals surface area contributed by atoms with Gasteiger partial charge in [-0.1, -0.05) is 42.5 Å². The maximum atomic E-state index is 6.01. The second-order valence-corrected chi connectivity index (χ2v) is 6.89. The van der Waals surface area contributed by atoms with Gasteiger partial charge in [0.25, 0.3) is 0 Å². The van der Waals surface area contributed by atoms with Crippen LogP contribution in [-0.4, -0.2) is 13.3 Å². The molecule has 4 nitrogen and oxygen atoms in total. The summed E-state index contributed by atoms with van der Waals surface area (Å²) in [5.41, 5.74) is 4.93. The smallest absolute Gasteiger partial charge is 0.231 e. The molecule has 3 aromatic carbocycles. The van der Waals surface area contributed by atoms with Crippen LogP contribution in [0.2, 0.25) is 0 Å². The molecule has 0 spiro atoms. The minimum Gasteiger partial charge on any atom is -0.489 e. The van der Waals surface area contributed by atoms with Crippen LogP contribution in [0.1, 0.15) is 28.3 Å². The molecule has 0 fully saturated rings. The van der Waals surface area contributed by atoms with E-state index in [1.807, 2.05) is 24.3 Å². The molecule has 0 radical (unpaired) electrons. The highest BCUT2D eigenvalue weighted by molar-refractivity contribution is 5.53. The maximum Gasteiger partial charge on any atom is 0.231 e. The van der Waals surface area contributed by atoms with E-state index in [0.29, 0.717) is 13.4 Å². The van der Waals surface area contributed by atoms with Gasteiger partial charge in [0, 0.05) is 6.54 Å². The Morgan fingerprint density at radius 3 is 2.67 bits per heavy atom. The zero-order valence-electron chi connectivity index (χ0n) is 15.0. The molecule has 3 aromatic rings. The average molecular weight is 359 g/mol. The molecular weight excluding hydrogens is 338 g/mol. The molecule has 1 atom stereocenters. The summed E-state index contributed by atoms with van der Waals surface area (Å²) >= 11 is 0. The summed E-state index contributed by atoms with van der Waals surface area (Å²) in [4.78, 5) is 0. The third kappa shape index (κ3) is 3.24. The molecule has 0 aromatic heterocycles. The minimum absolute atomic E-state index is 0.128. The number of benzene rings is 3. The summed E-state index contributed by atoms with van der Waals surface area (Å²) in [5.74, 6) is 2.57. The summed E-state index contributed by atoms with van der Waals surface area (Å²) < 4.78 is 17.1. The molecule has 2 aliphatic rings. The van der Waals surface area contributed by atoms with Crippen molar-refractivity contribution >= 4 is 0 Å². The van der Waals surface area contributed by atoms with Crippen LogP contribution in [0.25, 0.3) is 0 Å². The van der Waals surface area contributed by atoms with Crippen molar-refractivity contribution in [3.05, 3.63) is 89.0 Å². The Bertz CT molecular complexity index is 955.